The molecule has 2 N–H and O–H groups in total. The van der Waals surface area contributed by atoms with E-state index >= 15 is 0 Å². The van der Waals surface area contributed by atoms with E-state index in [1.165, 1.54) is 0 Å². The number of benzene rings is 2. The molecule has 2 aromatic carbocycles. The lowest BCUT2D eigenvalue weighted by Crippen LogP contribution is -2.17. The van der Waals surface area contributed by atoms with Gasteiger partial charge in [0, 0.05) is 6.54 Å². The van der Waals surface area contributed by atoms with Crippen LogP contribution >= 0.6 is 23.2 Å². The van der Waals surface area contributed by atoms with E-state index in [1.807, 2.05) is 0 Å². The Morgan fingerprint density at radius 1 is 1.05 bits per heavy atom. The lowest BCUT2D eigenvalue weighted by Gasteiger charge is -2.13. The zero-order valence-electron chi connectivity index (χ0n) is 11.2. The third-order valence-corrected chi connectivity index (χ3v) is 5.11. The van der Waals surface area contributed by atoms with Gasteiger partial charge >= 0.3 is 0 Å². The molecule has 2 rings (SSSR count). The van der Waals surface area contributed by atoms with Crippen LogP contribution in [0.2, 0.25) is 10.0 Å². The molecule has 0 spiro atoms. The maximum absolute atomic E-state index is 12.5. The van der Waals surface area contributed by atoms with Crippen LogP contribution in [0.4, 0.5) is 5.69 Å². The molecule has 21 heavy (non-hydrogen) atoms. The molecular weight excluding hydrogens is 331 g/mol. The summed E-state index contributed by atoms with van der Waals surface area (Å²) in [5, 5.41) is 3.41. The predicted octanol–water partition coefficient (Wildman–Crippen LogP) is 3.51. The molecule has 0 fully saturated rings. The van der Waals surface area contributed by atoms with Crippen molar-refractivity contribution < 1.29 is 8.42 Å². The first-order chi connectivity index (χ1) is 9.95. The molecule has 0 heterocycles. The summed E-state index contributed by atoms with van der Waals surface area (Å²) in [7, 11) is -1.98. The molecule has 0 aliphatic rings. The van der Waals surface area contributed by atoms with Crippen LogP contribution in [0.5, 0.6) is 0 Å². The Labute approximate surface area is 134 Å². The molecule has 0 atom stereocenters. The van der Waals surface area contributed by atoms with Crippen LogP contribution in [0, 0.1) is 0 Å². The Balaban J connectivity index is 2.41. The third kappa shape index (κ3) is 3.68. The predicted molar refractivity (Wildman–Crippen MR) is 86.5 cm³/mol. The van der Waals surface area contributed by atoms with Gasteiger partial charge in [-0.3, -0.25) is 4.72 Å². The fraction of sp³-hybridized carbons (Fsp3) is 0.143. The monoisotopic (exact) mass is 344 g/mol. The molecular formula is C14H14Cl2N2O2S. The Kier molecular flexibility index (Phi) is 5.11. The van der Waals surface area contributed by atoms with E-state index in [4.69, 9.17) is 23.2 Å². The summed E-state index contributed by atoms with van der Waals surface area (Å²) in [6.07, 6.45) is 0. The van der Waals surface area contributed by atoms with Crippen molar-refractivity contribution in [3.63, 3.8) is 0 Å². The average molecular weight is 345 g/mol. The van der Waals surface area contributed by atoms with E-state index in [9.17, 15) is 8.42 Å². The number of hydrogen-bond acceptors (Lipinski definition) is 3. The summed E-state index contributed by atoms with van der Waals surface area (Å²) in [4.78, 5) is 0.204. The second-order valence-electron chi connectivity index (χ2n) is 4.34. The zero-order valence-corrected chi connectivity index (χ0v) is 13.6. The van der Waals surface area contributed by atoms with Crippen molar-refractivity contribution in [2.75, 3.05) is 11.8 Å². The Hall–Kier alpha value is -1.27. The average Bonchev–Trinajstić information content (AvgIpc) is 2.44. The second-order valence-corrected chi connectivity index (χ2v) is 6.78. The Bertz CT molecular complexity index is 748. The summed E-state index contributed by atoms with van der Waals surface area (Å²) >= 11 is 11.9. The fourth-order valence-corrected chi connectivity index (χ4v) is 3.60. The molecule has 2 aromatic rings. The molecule has 0 aromatic heterocycles. The van der Waals surface area contributed by atoms with Crippen LogP contribution in [0.25, 0.3) is 0 Å². The largest absolute Gasteiger partial charge is 0.316 e. The standard InChI is InChI=1S/C14H14Cl2N2O2S/c1-17-9-10-5-2-3-8-13(10)21(19,20)18-12-7-4-6-11(15)14(12)16/h2-8,17-18H,9H2,1H3. The maximum Gasteiger partial charge on any atom is 0.262 e. The molecule has 0 aliphatic heterocycles. The fourth-order valence-electron chi connectivity index (χ4n) is 1.88. The lowest BCUT2D eigenvalue weighted by molar-refractivity contribution is 0.599. The van der Waals surface area contributed by atoms with Crippen LogP contribution < -0.4 is 10.0 Å². The van der Waals surface area contributed by atoms with Crippen molar-refractivity contribution in [3.05, 3.63) is 58.1 Å². The third-order valence-electron chi connectivity index (χ3n) is 2.83. The van der Waals surface area contributed by atoms with Gasteiger partial charge in [-0.2, -0.15) is 0 Å². The van der Waals surface area contributed by atoms with Crippen LogP contribution in [0.1, 0.15) is 5.56 Å². The van der Waals surface area contributed by atoms with Crippen molar-refractivity contribution in [1.82, 2.24) is 5.32 Å². The number of anilines is 1. The highest BCUT2D eigenvalue weighted by molar-refractivity contribution is 7.92. The highest BCUT2D eigenvalue weighted by Gasteiger charge is 2.19. The van der Waals surface area contributed by atoms with Gasteiger partial charge in [0.25, 0.3) is 10.0 Å². The molecule has 7 heteroatoms. The highest BCUT2D eigenvalue weighted by Crippen LogP contribution is 2.31. The van der Waals surface area contributed by atoms with Crippen LogP contribution in [0.15, 0.2) is 47.4 Å². The van der Waals surface area contributed by atoms with E-state index < -0.39 is 10.0 Å². The molecule has 0 amide bonds. The van der Waals surface area contributed by atoms with Gasteiger partial charge in [-0.05, 0) is 30.8 Å². The number of halogens is 2. The van der Waals surface area contributed by atoms with Crippen molar-refractivity contribution in [2.45, 2.75) is 11.4 Å². The first kappa shape index (κ1) is 16.1. The first-order valence-corrected chi connectivity index (χ1v) is 8.39. The molecule has 112 valence electrons. The van der Waals surface area contributed by atoms with Crippen LogP contribution in [-0.2, 0) is 16.6 Å². The highest BCUT2D eigenvalue weighted by atomic mass is 35.5. The SMILES string of the molecule is CNCc1ccccc1S(=O)(=O)Nc1cccc(Cl)c1Cl. The van der Waals surface area contributed by atoms with Gasteiger partial charge in [0.15, 0.2) is 0 Å². The molecule has 0 saturated carbocycles. The minimum absolute atomic E-state index is 0.175. The Morgan fingerprint density at radius 3 is 2.48 bits per heavy atom. The summed E-state index contributed by atoms with van der Waals surface area (Å²) in [6, 6.07) is 11.6. The topological polar surface area (TPSA) is 58.2 Å². The van der Waals surface area contributed by atoms with Gasteiger partial charge < -0.3 is 5.32 Å². The van der Waals surface area contributed by atoms with Crippen molar-refractivity contribution in [3.8, 4) is 0 Å². The molecule has 4 nitrogen and oxygen atoms in total. The van der Waals surface area contributed by atoms with Gasteiger partial charge in [0.05, 0.1) is 20.6 Å². The van der Waals surface area contributed by atoms with E-state index in [0.29, 0.717) is 17.1 Å². The van der Waals surface area contributed by atoms with Gasteiger partial charge in [-0.15, -0.1) is 0 Å². The number of nitrogens with one attached hydrogen (secondary N) is 2. The molecule has 0 radical (unpaired) electrons. The minimum Gasteiger partial charge on any atom is -0.316 e. The minimum atomic E-state index is -3.74. The quantitative estimate of drug-likeness (QED) is 0.872. The van der Waals surface area contributed by atoms with E-state index in [-0.39, 0.29) is 15.6 Å². The molecule has 0 saturated heterocycles. The van der Waals surface area contributed by atoms with Crippen molar-refractivity contribution in [1.29, 1.82) is 0 Å². The number of hydrogen-bond donors (Lipinski definition) is 2. The summed E-state index contributed by atoms with van der Waals surface area (Å²) < 4.78 is 27.5. The summed E-state index contributed by atoms with van der Waals surface area (Å²) in [5.41, 5.74) is 0.925. The Morgan fingerprint density at radius 2 is 1.76 bits per heavy atom. The molecule has 0 bridgehead atoms. The van der Waals surface area contributed by atoms with Gasteiger partial charge in [-0.25, -0.2) is 8.42 Å². The van der Waals surface area contributed by atoms with Gasteiger partial charge in [0.2, 0.25) is 0 Å². The van der Waals surface area contributed by atoms with Gasteiger partial charge in [-0.1, -0.05) is 47.5 Å². The normalized spacial score (nSPS) is 11.4. The first-order valence-electron chi connectivity index (χ1n) is 6.15. The molecule has 0 aliphatic carbocycles. The maximum atomic E-state index is 12.5. The van der Waals surface area contributed by atoms with E-state index in [0.717, 1.165) is 0 Å². The van der Waals surface area contributed by atoms with Crippen molar-refractivity contribution >= 4 is 38.9 Å². The lowest BCUT2D eigenvalue weighted by atomic mass is 10.2. The van der Waals surface area contributed by atoms with Crippen LogP contribution in [0.3, 0.4) is 0 Å². The van der Waals surface area contributed by atoms with Crippen molar-refractivity contribution in [2.24, 2.45) is 0 Å². The zero-order chi connectivity index (χ0) is 15.5. The van der Waals surface area contributed by atoms with Crippen LogP contribution in [-0.4, -0.2) is 15.5 Å². The second kappa shape index (κ2) is 6.66. The number of sulfonamides is 1. The summed E-state index contributed by atoms with van der Waals surface area (Å²) in [6.45, 7) is 0.445. The number of rotatable bonds is 5. The summed E-state index contributed by atoms with van der Waals surface area (Å²) in [5.74, 6) is 0. The van der Waals surface area contributed by atoms with E-state index in [1.54, 1.807) is 49.5 Å². The molecule has 0 unspecified atom stereocenters. The van der Waals surface area contributed by atoms with Gasteiger partial charge in [0.1, 0.15) is 0 Å². The smallest absolute Gasteiger partial charge is 0.262 e. The van der Waals surface area contributed by atoms with E-state index in [2.05, 4.69) is 10.0 Å².